The second-order valence-corrected chi connectivity index (χ2v) is 6.04. The van der Waals surface area contributed by atoms with Gasteiger partial charge in [0, 0.05) is 30.5 Å². The normalized spacial score (nSPS) is 14.8. The summed E-state index contributed by atoms with van der Waals surface area (Å²) in [5.41, 5.74) is 3.79. The standard InChI is InChI=1S/C18H19N5O/c1-13-16(11-19-12-20-13)18-21-17(22-24-18)14-5-7-15(8-6-14)23-9-3-2-4-10-23/h5-8,11-12H,2-4,9-10H2,1H3. The number of piperidine rings is 1. The van der Waals surface area contributed by atoms with E-state index in [1.54, 1.807) is 6.20 Å². The SMILES string of the molecule is Cc1ncncc1-c1nc(-c2ccc(N3CCCCC3)cc2)no1. The van der Waals surface area contributed by atoms with Crippen molar-refractivity contribution < 1.29 is 4.52 Å². The Bertz CT molecular complexity index is 821. The molecular formula is C18H19N5O. The molecule has 0 atom stereocenters. The monoisotopic (exact) mass is 321 g/mol. The van der Waals surface area contributed by atoms with Gasteiger partial charge < -0.3 is 9.42 Å². The minimum Gasteiger partial charge on any atom is -0.372 e. The van der Waals surface area contributed by atoms with Crippen molar-refractivity contribution in [2.24, 2.45) is 0 Å². The average molecular weight is 321 g/mol. The molecule has 24 heavy (non-hydrogen) atoms. The molecule has 6 heteroatoms. The first-order valence-electron chi connectivity index (χ1n) is 8.27. The molecule has 0 bridgehead atoms. The van der Waals surface area contributed by atoms with Crippen molar-refractivity contribution in [1.82, 2.24) is 20.1 Å². The van der Waals surface area contributed by atoms with E-state index < -0.39 is 0 Å². The molecule has 4 rings (SSSR count). The second-order valence-electron chi connectivity index (χ2n) is 6.04. The highest BCUT2D eigenvalue weighted by Gasteiger charge is 2.15. The summed E-state index contributed by atoms with van der Waals surface area (Å²) in [6, 6.07) is 8.36. The molecule has 1 aliphatic heterocycles. The summed E-state index contributed by atoms with van der Waals surface area (Å²) in [6.07, 6.45) is 7.08. The van der Waals surface area contributed by atoms with Crippen LogP contribution in [0.4, 0.5) is 5.69 Å². The molecule has 2 aromatic heterocycles. The van der Waals surface area contributed by atoms with E-state index in [9.17, 15) is 0 Å². The van der Waals surface area contributed by atoms with Gasteiger partial charge in [-0.3, -0.25) is 0 Å². The van der Waals surface area contributed by atoms with Crippen LogP contribution in [0.25, 0.3) is 22.8 Å². The van der Waals surface area contributed by atoms with Crippen LogP contribution in [0, 0.1) is 6.92 Å². The third-order valence-electron chi connectivity index (χ3n) is 4.41. The number of benzene rings is 1. The molecule has 1 fully saturated rings. The molecular weight excluding hydrogens is 302 g/mol. The van der Waals surface area contributed by atoms with Gasteiger partial charge in [0.2, 0.25) is 5.82 Å². The molecule has 3 heterocycles. The summed E-state index contributed by atoms with van der Waals surface area (Å²) in [5.74, 6) is 1.03. The zero-order chi connectivity index (χ0) is 16.4. The van der Waals surface area contributed by atoms with Crippen molar-refractivity contribution in [2.45, 2.75) is 26.2 Å². The Hall–Kier alpha value is -2.76. The van der Waals surface area contributed by atoms with Gasteiger partial charge in [-0.25, -0.2) is 9.97 Å². The zero-order valence-electron chi connectivity index (χ0n) is 13.6. The second kappa shape index (κ2) is 6.39. The van der Waals surface area contributed by atoms with E-state index in [0.29, 0.717) is 11.7 Å². The number of anilines is 1. The van der Waals surface area contributed by atoms with E-state index in [0.717, 1.165) is 29.9 Å². The number of rotatable bonds is 3. The van der Waals surface area contributed by atoms with E-state index >= 15 is 0 Å². The summed E-state index contributed by atoms with van der Waals surface area (Å²) >= 11 is 0. The number of hydrogen-bond acceptors (Lipinski definition) is 6. The smallest absolute Gasteiger partial charge is 0.261 e. The molecule has 3 aromatic rings. The van der Waals surface area contributed by atoms with Crippen LogP contribution in [0.15, 0.2) is 41.3 Å². The Morgan fingerprint density at radius 1 is 1.04 bits per heavy atom. The van der Waals surface area contributed by atoms with Crippen molar-refractivity contribution in [2.75, 3.05) is 18.0 Å². The summed E-state index contributed by atoms with van der Waals surface area (Å²) in [5, 5.41) is 4.09. The molecule has 1 aromatic carbocycles. The number of nitrogens with zero attached hydrogens (tertiary/aromatic N) is 5. The molecule has 0 radical (unpaired) electrons. The lowest BCUT2D eigenvalue weighted by molar-refractivity contribution is 0.431. The van der Waals surface area contributed by atoms with Crippen LogP contribution in [0.5, 0.6) is 0 Å². The highest BCUT2D eigenvalue weighted by atomic mass is 16.5. The Morgan fingerprint density at radius 3 is 2.58 bits per heavy atom. The molecule has 1 saturated heterocycles. The van der Waals surface area contributed by atoms with Crippen LogP contribution in [0.2, 0.25) is 0 Å². The third kappa shape index (κ3) is 2.87. The van der Waals surface area contributed by atoms with Gasteiger partial charge in [0.15, 0.2) is 0 Å². The van der Waals surface area contributed by atoms with Crippen LogP contribution in [-0.4, -0.2) is 33.2 Å². The largest absolute Gasteiger partial charge is 0.372 e. The van der Waals surface area contributed by atoms with Gasteiger partial charge in [-0.15, -0.1) is 0 Å². The predicted octanol–water partition coefficient (Wildman–Crippen LogP) is 3.49. The molecule has 6 nitrogen and oxygen atoms in total. The highest BCUT2D eigenvalue weighted by molar-refractivity contribution is 5.63. The summed E-state index contributed by atoms with van der Waals surface area (Å²) in [7, 11) is 0. The van der Waals surface area contributed by atoms with E-state index in [1.165, 1.54) is 31.3 Å². The molecule has 0 amide bonds. The summed E-state index contributed by atoms with van der Waals surface area (Å²) in [6.45, 7) is 4.17. The van der Waals surface area contributed by atoms with Gasteiger partial charge >= 0.3 is 0 Å². The maximum Gasteiger partial charge on any atom is 0.261 e. The first kappa shape index (κ1) is 14.8. The maximum atomic E-state index is 5.38. The minimum absolute atomic E-state index is 0.447. The van der Waals surface area contributed by atoms with Crippen molar-refractivity contribution in [3.8, 4) is 22.8 Å². The lowest BCUT2D eigenvalue weighted by Gasteiger charge is -2.28. The van der Waals surface area contributed by atoms with E-state index in [-0.39, 0.29) is 0 Å². The van der Waals surface area contributed by atoms with Crippen molar-refractivity contribution in [1.29, 1.82) is 0 Å². The van der Waals surface area contributed by atoms with Gasteiger partial charge in [-0.2, -0.15) is 4.98 Å². The van der Waals surface area contributed by atoms with E-state index in [4.69, 9.17) is 4.52 Å². The molecule has 0 unspecified atom stereocenters. The first-order chi connectivity index (χ1) is 11.8. The predicted molar refractivity (Wildman–Crippen MR) is 91.6 cm³/mol. The molecule has 122 valence electrons. The Morgan fingerprint density at radius 2 is 1.83 bits per heavy atom. The quantitative estimate of drug-likeness (QED) is 0.735. The maximum absolute atomic E-state index is 5.38. The van der Waals surface area contributed by atoms with E-state index in [2.05, 4.69) is 37.1 Å². The Balaban J connectivity index is 1.57. The van der Waals surface area contributed by atoms with Crippen molar-refractivity contribution >= 4 is 5.69 Å². The van der Waals surface area contributed by atoms with Crippen LogP contribution >= 0.6 is 0 Å². The number of aryl methyl sites for hydroxylation is 1. The Labute approximate surface area is 140 Å². The van der Waals surface area contributed by atoms with Gasteiger partial charge in [-0.05, 0) is 50.5 Å². The average Bonchev–Trinajstić information content (AvgIpc) is 3.13. The summed E-state index contributed by atoms with van der Waals surface area (Å²) in [4.78, 5) is 15.1. The molecule has 0 saturated carbocycles. The van der Waals surface area contributed by atoms with Gasteiger partial charge in [0.1, 0.15) is 6.33 Å². The first-order valence-corrected chi connectivity index (χ1v) is 8.27. The topological polar surface area (TPSA) is 67.9 Å². The third-order valence-corrected chi connectivity index (χ3v) is 4.41. The molecule has 0 aliphatic carbocycles. The van der Waals surface area contributed by atoms with Gasteiger partial charge in [0.05, 0.1) is 11.3 Å². The highest BCUT2D eigenvalue weighted by Crippen LogP contribution is 2.26. The fourth-order valence-corrected chi connectivity index (χ4v) is 3.02. The van der Waals surface area contributed by atoms with Crippen molar-refractivity contribution in [3.05, 3.63) is 42.5 Å². The summed E-state index contributed by atoms with van der Waals surface area (Å²) < 4.78 is 5.38. The van der Waals surface area contributed by atoms with Gasteiger partial charge in [0.25, 0.3) is 5.89 Å². The lowest BCUT2D eigenvalue weighted by atomic mass is 10.1. The minimum atomic E-state index is 0.447. The Kier molecular flexibility index (Phi) is 3.94. The van der Waals surface area contributed by atoms with Crippen LogP contribution < -0.4 is 4.90 Å². The van der Waals surface area contributed by atoms with Crippen LogP contribution in [0.1, 0.15) is 25.0 Å². The van der Waals surface area contributed by atoms with E-state index in [1.807, 2.05) is 19.1 Å². The molecule has 1 aliphatic rings. The fourth-order valence-electron chi connectivity index (χ4n) is 3.02. The fraction of sp³-hybridized carbons (Fsp3) is 0.333. The van der Waals surface area contributed by atoms with Crippen LogP contribution in [0.3, 0.4) is 0 Å². The number of aromatic nitrogens is 4. The van der Waals surface area contributed by atoms with Gasteiger partial charge in [-0.1, -0.05) is 5.16 Å². The lowest BCUT2D eigenvalue weighted by Crippen LogP contribution is -2.29. The van der Waals surface area contributed by atoms with Crippen LogP contribution in [-0.2, 0) is 0 Å². The zero-order valence-corrected chi connectivity index (χ0v) is 13.6. The molecule has 0 N–H and O–H groups in total. The van der Waals surface area contributed by atoms with Crippen molar-refractivity contribution in [3.63, 3.8) is 0 Å². The molecule has 0 spiro atoms. The number of hydrogen-bond donors (Lipinski definition) is 0.